The van der Waals surface area contributed by atoms with Gasteiger partial charge in [-0.2, -0.15) is 8.78 Å². The molecule has 58 heavy (non-hydrogen) atoms. The van der Waals surface area contributed by atoms with Crippen molar-refractivity contribution in [3.63, 3.8) is 0 Å². The maximum atomic E-state index is 16.6. The Hall–Kier alpha value is -5.59. The van der Waals surface area contributed by atoms with Gasteiger partial charge in [0.2, 0.25) is 0 Å². The van der Waals surface area contributed by atoms with Crippen molar-refractivity contribution in [3.8, 4) is 22.4 Å². The summed E-state index contributed by atoms with van der Waals surface area (Å²) in [4.78, 5) is 50.9. The second kappa shape index (κ2) is 15.6. The van der Waals surface area contributed by atoms with Gasteiger partial charge in [0.15, 0.2) is 0 Å². The Kier molecular flexibility index (Phi) is 11.7. The first-order valence-corrected chi connectivity index (χ1v) is 19.4. The normalized spacial score (nSPS) is 14.4. The van der Waals surface area contributed by atoms with E-state index in [4.69, 9.17) is 14.2 Å². The molecule has 0 bridgehead atoms. The monoisotopic (exact) mass is 799 g/mol. The third-order valence-corrected chi connectivity index (χ3v) is 9.31. The number of nitrogens with zero attached hydrogens (tertiary/aromatic N) is 5. The SMILES string of the molecule is C=C(/C=c1\c(=C)nc([C@H](CCC)N(C)C(=O)OC(C)(C)C)n1C(=O)OC(C)(C)C)c1ccc2c(c1)C(F)(F)c1cc(-c3cnc(CC)n3C(=O)OC(C)(C)C)ccc1-2. The molecule has 0 unspecified atom stereocenters. The van der Waals surface area contributed by atoms with E-state index in [-0.39, 0.29) is 27.6 Å². The Bertz CT molecular complexity index is 2390. The lowest BCUT2D eigenvalue weighted by molar-refractivity contribution is 0.0190. The van der Waals surface area contributed by atoms with Gasteiger partial charge in [0, 0.05) is 30.2 Å². The Morgan fingerprint density at radius 3 is 1.97 bits per heavy atom. The predicted octanol–water partition coefficient (Wildman–Crippen LogP) is 9.61. The van der Waals surface area contributed by atoms with Crippen molar-refractivity contribution in [3.05, 3.63) is 88.2 Å². The van der Waals surface area contributed by atoms with E-state index in [0.29, 0.717) is 58.6 Å². The molecule has 0 N–H and O–H groups in total. The first kappa shape index (κ1) is 43.5. The van der Waals surface area contributed by atoms with Crippen LogP contribution < -0.4 is 10.7 Å². The molecule has 0 fully saturated rings. The second-order valence-electron chi connectivity index (χ2n) is 17.5. The van der Waals surface area contributed by atoms with Crippen LogP contribution in [0.2, 0.25) is 0 Å². The molecule has 1 atom stereocenters. The molecular weight excluding hydrogens is 745 g/mol. The van der Waals surface area contributed by atoms with Gasteiger partial charge in [-0.05, 0) is 109 Å². The predicted molar refractivity (Wildman–Crippen MR) is 221 cm³/mol. The van der Waals surface area contributed by atoms with Gasteiger partial charge in [0.25, 0.3) is 5.92 Å². The molecule has 5 rings (SSSR count). The zero-order valence-electron chi connectivity index (χ0n) is 35.7. The molecule has 0 aliphatic heterocycles. The molecule has 2 aromatic carbocycles. The van der Waals surface area contributed by atoms with E-state index in [1.807, 2.05) is 13.8 Å². The fraction of sp³-hybridized carbons (Fsp3) is 0.444. The van der Waals surface area contributed by atoms with Crippen molar-refractivity contribution in [2.75, 3.05) is 7.05 Å². The number of amides is 1. The number of imidazole rings is 2. The molecule has 4 aromatic rings. The Morgan fingerprint density at radius 2 is 1.41 bits per heavy atom. The summed E-state index contributed by atoms with van der Waals surface area (Å²) in [6, 6.07) is 8.71. The summed E-state index contributed by atoms with van der Waals surface area (Å²) in [6.45, 7) is 27.9. The highest BCUT2D eigenvalue weighted by atomic mass is 19.3. The molecule has 0 radical (unpaired) electrons. The number of halogens is 2. The van der Waals surface area contributed by atoms with Gasteiger partial charge >= 0.3 is 18.3 Å². The van der Waals surface area contributed by atoms with Crippen LogP contribution in [0, 0.1) is 0 Å². The van der Waals surface area contributed by atoms with Crippen molar-refractivity contribution in [2.24, 2.45) is 0 Å². The summed E-state index contributed by atoms with van der Waals surface area (Å²) in [7, 11) is 1.58. The maximum Gasteiger partial charge on any atom is 0.420 e. The van der Waals surface area contributed by atoms with Crippen LogP contribution in [-0.2, 0) is 26.6 Å². The quantitative estimate of drug-likeness (QED) is 0.162. The Labute approximate surface area is 339 Å². The highest BCUT2D eigenvalue weighted by Gasteiger charge is 2.45. The van der Waals surface area contributed by atoms with Crippen LogP contribution in [0.5, 0.6) is 0 Å². The minimum Gasteiger partial charge on any atom is -0.444 e. The number of rotatable bonds is 8. The van der Waals surface area contributed by atoms with Crippen LogP contribution in [0.1, 0.15) is 123 Å². The minimum atomic E-state index is -3.41. The summed E-state index contributed by atoms with van der Waals surface area (Å²) in [5.41, 5.74) is -0.770. The van der Waals surface area contributed by atoms with E-state index in [9.17, 15) is 14.4 Å². The van der Waals surface area contributed by atoms with Crippen LogP contribution in [-0.4, -0.2) is 66.1 Å². The number of alkyl halides is 2. The van der Waals surface area contributed by atoms with E-state index in [0.717, 1.165) is 0 Å². The number of ether oxygens (including phenoxy) is 3. The zero-order valence-corrected chi connectivity index (χ0v) is 35.7. The third-order valence-electron chi connectivity index (χ3n) is 9.31. The summed E-state index contributed by atoms with van der Waals surface area (Å²) < 4.78 is 52.8. The summed E-state index contributed by atoms with van der Waals surface area (Å²) in [5.74, 6) is -2.76. The van der Waals surface area contributed by atoms with E-state index < -0.39 is 47.0 Å². The van der Waals surface area contributed by atoms with Crippen LogP contribution in [0.4, 0.5) is 23.2 Å². The second-order valence-corrected chi connectivity index (χ2v) is 17.5. The van der Waals surface area contributed by atoms with Crippen molar-refractivity contribution < 1.29 is 37.4 Å². The summed E-state index contributed by atoms with van der Waals surface area (Å²) >= 11 is 0. The number of carbonyl (C=O) groups is 3. The van der Waals surface area contributed by atoms with Gasteiger partial charge in [-0.1, -0.05) is 57.7 Å². The molecule has 0 saturated heterocycles. The van der Waals surface area contributed by atoms with Crippen LogP contribution in [0.3, 0.4) is 0 Å². The standard InChI is InChI=1S/C45H55F2N5O6/c1-15-17-34(50(14)39(53)56-42(5,6)7)38-49-27(4)35(52(38)41(55)58-44(11,12)13)22-26(3)28-18-20-30-31-21-19-29(24-33(31)45(46,47)32(30)23-28)36-25-48-37(16-2)51(36)40(54)57-43(8,9)10/h18-25,34H,3-4,15-17H2,1-2,5-14H3/b35-22+/t34-/m0/s1. The molecule has 11 nitrogen and oxygen atoms in total. The van der Waals surface area contributed by atoms with Gasteiger partial charge in [-0.15, -0.1) is 0 Å². The van der Waals surface area contributed by atoms with Crippen molar-refractivity contribution >= 4 is 36.5 Å². The van der Waals surface area contributed by atoms with Gasteiger partial charge in [0.1, 0.15) is 28.5 Å². The van der Waals surface area contributed by atoms with Crippen LogP contribution in [0.25, 0.3) is 40.6 Å². The number of benzene rings is 2. The summed E-state index contributed by atoms with van der Waals surface area (Å²) in [5, 5.41) is 0.421. The topological polar surface area (TPSA) is 118 Å². The van der Waals surface area contributed by atoms with Gasteiger partial charge in [-0.3, -0.25) is 0 Å². The van der Waals surface area contributed by atoms with E-state index in [1.165, 1.54) is 32.4 Å². The molecular formula is C45H55F2N5O6. The largest absolute Gasteiger partial charge is 0.444 e. The first-order valence-electron chi connectivity index (χ1n) is 19.4. The number of hydrogen-bond acceptors (Lipinski definition) is 8. The molecule has 1 aliphatic carbocycles. The van der Waals surface area contributed by atoms with Gasteiger partial charge in [-0.25, -0.2) is 33.5 Å². The maximum absolute atomic E-state index is 16.6. The van der Waals surface area contributed by atoms with Gasteiger partial charge in [0.05, 0.1) is 28.6 Å². The highest BCUT2D eigenvalue weighted by molar-refractivity contribution is 5.91. The lowest BCUT2D eigenvalue weighted by atomic mass is 9.99. The molecule has 1 amide bonds. The molecule has 310 valence electrons. The number of aromatic nitrogens is 4. The Morgan fingerprint density at radius 1 is 0.862 bits per heavy atom. The minimum absolute atomic E-state index is 0.198. The first-order chi connectivity index (χ1) is 26.8. The zero-order chi connectivity index (χ0) is 43.3. The fourth-order valence-corrected chi connectivity index (χ4v) is 6.78. The average molecular weight is 800 g/mol. The smallest absolute Gasteiger partial charge is 0.420 e. The number of allylic oxidation sites excluding steroid dienone is 1. The third kappa shape index (κ3) is 8.93. The van der Waals surface area contributed by atoms with Crippen molar-refractivity contribution in [1.82, 2.24) is 24.0 Å². The molecule has 0 spiro atoms. The average Bonchev–Trinajstić information content (AvgIpc) is 3.74. The molecule has 2 heterocycles. The van der Waals surface area contributed by atoms with Crippen molar-refractivity contribution in [1.29, 1.82) is 0 Å². The number of carbonyl (C=O) groups excluding carboxylic acids is 3. The molecule has 0 saturated carbocycles. The number of aryl methyl sites for hydroxylation is 1. The highest BCUT2D eigenvalue weighted by Crippen LogP contribution is 2.52. The van der Waals surface area contributed by atoms with Crippen LogP contribution >= 0.6 is 0 Å². The number of hydrogen-bond donors (Lipinski definition) is 0. The Balaban J connectivity index is 1.58. The fourth-order valence-electron chi connectivity index (χ4n) is 6.78. The van der Waals surface area contributed by atoms with Gasteiger partial charge < -0.3 is 19.1 Å². The lowest BCUT2D eigenvalue weighted by Gasteiger charge is -2.30. The van der Waals surface area contributed by atoms with E-state index in [2.05, 4.69) is 23.1 Å². The number of fused-ring (bicyclic) bond motifs is 3. The lowest BCUT2D eigenvalue weighted by Crippen LogP contribution is -2.41. The van der Waals surface area contributed by atoms with Crippen molar-refractivity contribution in [2.45, 2.75) is 124 Å². The molecule has 2 aromatic heterocycles. The van der Waals surface area contributed by atoms with Crippen LogP contribution in [0.15, 0.2) is 49.2 Å². The summed E-state index contributed by atoms with van der Waals surface area (Å²) in [6.07, 6.45) is 2.54. The van der Waals surface area contributed by atoms with E-state index >= 15 is 8.78 Å². The molecule has 1 aliphatic rings. The van der Waals surface area contributed by atoms with E-state index in [1.54, 1.807) is 99.7 Å². The molecule has 13 heteroatoms.